The van der Waals surface area contributed by atoms with Gasteiger partial charge in [0.15, 0.2) is 0 Å². The van der Waals surface area contributed by atoms with Crippen molar-refractivity contribution in [3.63, 3.8) is 0 Å². The number of anilines is 1. The van der Waals surface area contributed by atoms with Crippen LogP contribution < -0.4 is 15.2 Å². The lowest BCUT2D eigenvalue weighted by Gasteiger charge is -2.16. The number of aryl methyl sites for hydroxylation is 2. The second kappa shape index (κ2) is 5.63. The fourth-order valence-corrected chi connectivity index (χ4v) is 2.58. The van der Waals surface area contributed by atoms with Gasteiger partial charge in [0.25, 0.3) is 0 Å². The van der Waals surface area contributed by atoms with Crippen molar-refractivity contribution in [3.05, 3.63) is 22.8 Å². The Kier molecular flexibility index (Phi) is 4.09. The molecule has 0 saturated heterocycles. The van der Waals surface area contributed by atoms with Gasteiger partial charge in [-0.25, -0.2) is 0 Å². The van der Waals surface area contributed by atoms with E-state index in [1.165, 1.54) is 0 Å². The normalized spacial score (nSPS) is 10.7. The summed E-state index contributed by atoms with van der Waals surface area (Å²) in [6, 6.07) is 1.98. The molecule has 0 radical (unpaired) electrons. The minimum absolute atomic E-state index is 0.451. The Bertz CT molecular complexity index is 638. The highest BCUT2D eigenvalue weighted by atomic mass is 35.5. The molecule has 1 aromatic carbocycles. The Hall–Kier alpha value is -1.88. The van der Waals surface area contributed by atoms with E-state index in [0.29, 0.717) is 22.3 Å². The second-order valence-corrected chi connectivity index (χ2v) is 4.76. The third kappa shape index (κ3) is 2.18. The number of nitrogens with two attached hydrogens (primary N) is 1. The number of hydrogen-bond acceptors (Lipinski definition) is 4. The lowest BCUT2D eigenvalue weighted by molar-refractivity contribution is 0.393. The van der Waals surface area contributed by atoms with Crippen LogP contribution in [0.3, 0.4) is 0 Å². The number of nitrogen functional groups attached to an aromatic ring is 1. The second-order valence-electron chi connectivity index (χ2n) is 4.38. The van der Waals surface area contributed by atoms with Crippen molar-refractivity contribution < 1.29 is 9.47 Å². The first-order valence-electron chi connectivity index (χ1n) is 6.26. The maximum atomic E-state index is 6.39. The number of aromatic nitrogens is 2. The summed E-state index contributed by atoms with van der Waals surface area (Å²) in [4.78, 5) is 0. The Morgan fingerprint density at radius 3 is 2.35 bits per heavy atom. The van der Waals surface area contributed by atoms with Crippen LogP contribution in [0.15, 0.2) is 12.3 Å². The molecule has 6 heteroatoms. The van der Waals surface area contributed by atoms with Crippen LogP contribution in [0.4, 0.5) is 5.82 Å². The van der Waals surface area contributed by atoms with E-state index in [4.69, 9.17) is 26.8 Å². The van der Waals surface area contributed by atoms with E-state index >= 15 is 0 Å². The first-order chi connectivity index (χ1) is 9.54. The molecule has 0 aliphatic rings. The van der Waals surface area contributed by atoms with Gasteiger partial charge in [-0.2, -0.15) is 5.10 Å². The SMILES string of the molecule is CCc1cc(-c2cnn(C)c2N)c(OC)c(Cl)c1OC. The molecule has 1 aromatic heterocycles. The standard InChI is InChI=1S/C14H18ClN3O2/c1-5-8-6-9(10-7-17-18(2)14(10)16)13(20-4)11(15)12(8)19-3/h6-7H,5,16H2,1-4H3. The molecule has 0 amide bonds. The molecule has 0 spiro atoms. The maximum absolute atomic E-state index is 6.39. The molecule has 2 rings (SSSR count). The average molecular weight is 296 g/mol. The van der Waals surface area contributed by atoms with E-state index in [9.17, 15) is 0 Å². The first-order valence-corrected chi connectivity index (χ1v) is 6.64. The van der Waals surface area contributed by atoms with Gasteiger partial charge >= 0.3 is 0 Å². The van der Waals surface area contributed by atoms with Gasteiger partial charge in [0.05, 0.1) is 20.4 Å². The highest BCUT2D eigenvalue weighted by Gasteiger charge is 2.21. The van der Waals surface area contributed by atoms with Crippen LogP contribution >= 0.6 is 11.6 Å². The summed E-state index contributed by atoms with van der Waals surface area (Å²) < 4.78 is 12.4. The molecular weight excluding hydrogens is 278 g/mol. The molecule has 0 saturated carbocycles. The summed E-state index contributed by atoms with van der Waals surface area (Å²) >= 11 is 6.39. The van der Waals surface area contributed by atoms with Crippen molar-refractivity contribution in [2.45, 2.75) is 13.3 Å². The minimum Gasteiger partial charge on any atom is -0.495 e. The third-order valence-electron chi connectivity index (χ3n) is 3.32. The predicted octanol–water partition coefficient (Wildman–Crippen LogP) is 2.90. The molecule has 108 valence electrons. The smallest absolute Gasteiger partial charge is 0.149 e. The number of methoxy groups -OCH3 is 2. The van der Waals surface area contributed by atoms with Crippen LogP contribution in [0.2, 0.25) is 5.02 Å². The van der Waals surface area contributed by atoms with Gasteiger partial charge in [0.2, 0.25) is 0 Å². The van der Waals surface area contributed by atoms with Gasteiger partial charge in [-0.15, -0.1) is 0 Å². The van der Waals surface area contributed by atoms with Crippen LogP contribution in [0, 0.1) is 0 Å². The van der Waals surface area contributed by atoms with Crippen LogP contribution in [0.5, 0.6) is 11.5 Å². The molecule has 5 nitrogen and oxygen atoms in total. The molecule has 2 aromatic rings. The molecule has 0 atom stereocenters. The summed E-state index contributed by atoms with van der Waals surface area (Å²) in [5.41, 5.74) is 8.65. The largest absolute Gasteiger partial charge is 0.495 e. The number of ether oxygens (including phenoxy) is 2. The van der Waals surface area contributed by atoms with Crippen molar-refractivity contribution in [2.75, 3.05) is 20.0 Å². The Balaban J connectivity index is 2.75. The average Bonchev–Trinajstić information content (AvgIpc) is 2.77. The van der Waals surface area contributed by atoms with E-state index in [-0.39, 0.29) is 0 Å². The monoisotopic (exact) mass is 295 g/mol. The fourth-order valence-electron chi connectivity index (χ4n) is 2.21. The molecule has 0 aliphatic heterocycles. The van der Waals surface area contributed by atoms with Crippen LogP contribution in [-0.4, -0.2) is 24.0 Å². The van der Waals surface area contributed by atoms with Crippen LogP contribution in [-0.2, 0) is 13.5 Å². The Morgan fingerprint density at radius 2 is 1.90 bits per heavy atom. The summed E-state index contributed by atoms with van der Waals surface area (Å²) in [5.74, 6) is 1.74. The van der Waals surface area contributed by atoms with Gasteiger partial charge in [-0.1, -0.05) is 18.5 Å². The van der Waals surface area contributed by atoms with Gasteiger partial charge in [-0.05, 0) is 18.1 Å². The van der Waals surface area contributed by atoms with Gasteiger partial charge < -0.3 is 15.2 Å². The molecule has 0 unspecified atom stereocenters. The Morgan fingerprint density at radius 1 is 1.25 bits per heavy atom. The predicted molar refractivity (Wildman–Crippen MR) is 80.5 cm³/mol. The summed E-state index contributed by atoms with van der Waals surface area (Å²) in [6.07, 6.45) is 2.50. The van der Waals surface area contributed by atoms with Crippen LogP contribution in [0.25, 0.3) is 11.1 Å². The maximum Gasteiger partial charge on any atom is 0.149 e. The lowest BCUT2D eigenvalue weighted by Crippen LogP contribution is -2.00. The number of halogens is 1. The van der Waals surface area contributed by atoms with Gasteiger partial charge in [-0.3, -0.25) is 4.68 Å². The lowest BCUT2D eigenvalue weighted by atomic mass is 10.0. The number of benzene rings is 1. The van der Waals surface area contributed by atoms with E-state index < -0.39 is 0 Å². The van der Waals surface area contributed by atoms with Crippen LogP contribution in [0.1, 0.15) is 12.5 Å². The molecule has 0 fully saturated rings. The minimum atomic E-state index is 0.451. The summed E-state index contributed by atoms with van der Waals surface area (Å²) in [5, 5.41) is 4.61. The van der Waals surface area contributed by atoms with E-state index in [1.807, 2.05) is 13.0 Å². The Labute approximate surface area is 123 Å². The quantitative estimate of drug-likeness (QED) is 0.942. The van der Waals surface area contributed by atoms with E-state index in [0.717, 1.165) is 23.1 Å². The molecule has 0 bridgehead atoms. The topological polar surface area (TPSA) is 62.3 Å². The molecule has 20 heavy (non-hydrogen) atoms. The zero-order valence-electron chi connectivity index (χ0n) is 12.0. The number of rotatable bonds is 4. The number of nitrogens with zero attached hydrogens (tertiary/aromatic N) is 2. The molecular formula is C14H18ClN3O2. The van der Waals surface area contributed by atoms with Crippen molar-refractivity contribution in [3.8, 4) is 22.6 Å². The highest BCUT2D eigenvalue weighted by molar-refractivity contribution is 6.34. The van der Waals surface area contributed by atoms with Crippen molar-refractivity contribution >= 4 is 17.4 Å². The highest BCUT2D eigenvalue weighted by Crippen LogP contribution is 2.45. The first kappa shape index (κ1) is 14.5. The summed E-state index contributed by atoms with van der Waals surface area (Å²) in [6.45, 7) is 2.04. The molecule has 1 heterocycles. The zero-order valence-corrected chi connectivity index (χ0v) is 12.8. The number of hydrogen-bond donors (Lipinski definition) is 1. The molecule has 0 aliphatic carbocycles. The fraction of sp³-hybridized carbons (Fsp3) is 0.357. The third-order valence-corrected chi connectivity index (χ3v) is 3.66. The van der Waals surface area contributed by atoms with Crippen molar-refractivity contribution in [2.24, 2.45) is 7.05 Å². The van der Waals surface area contributed by atoms with Crippen molar-refractivity contribution in [1.82, 2.24) is 9.78 Å². The van der Waals surface area contributed by atoms with Crippen molar-refractivity contribution in [1.29, 1.82) is 0 Å². The summed E-state index contributed by atoms with van der Waals surface area (Å²) in [7, 11) is 4.96. The zero-order chi connectivity index (χ0) is 14.9. The van der Waals surface area contributed by atoms with Gasteiger partial charge in [0.1, 0.15) is 22.3 Å². The van der Waals surface area contributed by atoms with E-state index in [2.05, 4.69) is 5.10 Å². The van der Waals surface area contributed by atoms with E-state index in [1.54, 1.807) is 32.1 Å². The molecule has 2 N–H and O–H groups in total. The van der Waals surface area contributed by atoms with Gasteiger partial charge in [0, 0.05) is 18.2 Å².